The van der Waals surface area contributed by atoms with Crippen LogP contribution in [0.4, 0.5) is 8.78 Å². The summed E-state index contributed by atoms with van der Waals surface area (Å²) in [6, 6.07) is 3.02. The van der Waals surface area contributed by atoms with Crippen LogP contribution in [0, 0.1) is 0 Å². The van der Waals surface area contributed by atoms with Crippen LogP contribution in [0.3, 0.4) is 0 Å². The highest BCUT2D eigenvalue weighted by molar-refractivity contribution is 9.10. The summed E-state index contributed by atoms with van der Waals surface area (Å²) in [5, 5.41) is 4.27. The first-order chi connectivity index (χ1) is 7.50. The van der Waals surface area contributed by atoms with Crippen molar-refractivity contribution in [3.8, 4) is 0 Å². The molecule has 0 bridgehead atoms. The van der Waals surface area contributed by atoms with Gasteiger partial charge in [-0.3, -0.25) is 4.68 Å². The molecule has 2 aromatic rings. The van der Waals surface area contributed by atoms with Crippen LogP contribution < -0.4 is 0 Å². The predicted octanol–water partition coefficient (Wildman–Crippen LogP) is 3.71. The number of rotatable bonds is 2. The molecule has 0 saturated carbocycles. The van der Waals surface area contributed by atoms with Crippen molar-refractivity contribution in [1.29, 1.82) is 0 Å². The minimum absolute atomic E-state index is 0.151. The summed E-state index contributed by atoms with van der Waals surface area (Å²) in [5.74, 6) is 0. The average Bonchev–Trinajstić information content (AvgIpc) is 2.56. The first-order valence-electron chi connectivity index (χ1n) is 4.83. The third-order valence-electron chi connectivity index (χ3n) is 2.22. The Kier molecular flexibility index (Phi) is 2.92. The molecule has 2 rings (SSSR count). The van der Waals surface area contributed by atoms with Crippen LogP contribution in [0.2, 0.25) is 0 Å². The quantitative estimate of drug-likeness (QED) is 0.844. The van der Waals surface area contributed by atoms with E-state index in [9.17, 15) is 8.78 Å². The van der Waals surface area contributed by atoms with Crippen LogP contribution >= 0.6 is 15.9 Å². The van der Waals surface area contributed by atoms with Crippen molar-refractivity contribution in [1.82, 2.24) is 14.8 Å². The third-order valence-corrected chi connectivity index (χ3v) is 2.96. The van der Waals surface area contributed by atoms with Crippen molar-refractivity contribution in [3.05, 3.63) is 22.4 Å². The van der Waals surface area contributed by atoms with E-state index in [0.29, 0.717) is 15.6 Å². The number of hydrogen-bond acceptors (Lipinski definition) is 2. The highest BCUT2D eigenvalue weighted by Gasteiger charge is 2.15. The van der Waals surface area contributed by atoms with Gasteiger partial charge in [0.25, 0.3) is 6.43 Å². The maximum absolute atomic E-state index is 12.5. The summed E-state index contributed by atoms with van der Waals surface area (Å²) in [6.07, 6.45) is -2.56. The molecule has 0 fully saturated rings. The SMILES string of the molecule is CC(C)n1nc2ccc(C(F)F)nc2c1Br. The molecular formula is C10H10BrF2N3. The molecule has 2 heterocycles. The van der Waals surface area contributed by atoms with Crippen molar-refractivity contribution >= 4 is 27.0 Å². The molecule has 0 atom stereocenters. The molecule has 0 N–H and O–H groups in total. The smallest absolute Gasteiger partial charge is 0.253 e. The van der Waals surface area contributed by atoms with E-state index in [1.165, 1.54) is 6.07 Å². The van der Waals surface area contributed by atoms with E-state index in [1.807, 2.05) is 13.8 Å². The maximum atomic E-state index is 12.5. The van der Waals surface area contributed by atoms with Crippen molar-refractivity contribution in [2.45, 2.75) is 26.3 Å². The van der Waals surface area contributed by atoms with Gasteiger partial charge in [-0.2, -0.15) is 5.10 Å². The second kappa shape index (κ2) is 4.08. The first-order valence-corrected chi connectivity index (χ1v) is 5.63. The van der Waals surface area contributed by atoms with Gasteiger partial charge < -0.3 is 0 Å². The summed E-state index contributed by atoms with van der Waals surface area (Å²) in [5.41, 5.74) is 0.869. The summed E-state index contributed by atoms with van der Waals surface area (Å²) in [7, 11) is 0. The fourth-order valence-corrected chi connectivity index (χ4v) is 2.21. The molecule has 16 heavy (non-hydrogen) atoms. The molecule has 0 aliphatic rings. The molecule has 0 amide bonds. The van der Waals surface area contributed by atoms with Crippen LogP contribution in [0.5, 0.6) is 0 Å². The van der Waals surface area contributed by atoms with Gasteiger partial charge >= 0.3 is 0 Å². The maximum Gasteiger partial charge on any atom is 0.280 e. The van der Waals surface area contributed by atoms with Gasteiger partial charge in [0.2, 0.25) is 0 Å². The van der Waals surface area contributed by atoms with Gasteiger partial charge in [0, 0.05) is 6.04 Å². The average molecular weight is 290 g/mol. The van der Waals surface area contributed by atoms with E-state index in [0.717, 1.165) is 0 Å². The lowest BCUT2D eigenvalue weighted by atomic mass is 10.3. The Hall–Kier alpha value is -1.04. The third kappa shape index (κ3) is 1.81. The Balaban J connectivity index is 2.64. The number of halogens is 3. The molecule has 6 heteroatoms. The van der Waals surface area contributed by atoms with E-state index in [2.05, 4.69) is 26.0 Å². The Bertz CT molecular complexity index is 522. The molecular weight excluding hydrogens is 280 g/mol. The molecule has 0 unspecified atom stereocenters. The molecule has 86 valence electrons. The normalized spacial score (nSPS) is 11.9. The number of nitrogens with zero attached hydrogens (tertiary/aromatic N) is 3. The molecule has 0 aliphatic heterocycles. The topological polar surface area (TPSA) is 30.7 Å². The number of hydrogen-bond donors (Lipinski definition) is 0. The molecule has 0 aliphatic carbocycles. The summed E-state index contributed by atoms with van der Waals surface area (Å²) in [6.45, 7) is 3.93. The van der Waals surface area contributed by atoms with Gasteiger partial charge in [0.05, 0.1) is 0 Å². The Labute approximate surface area is 99.6 Å². The van der Waals surface area contributed by atoms with Gasteiger partial charge in [-0.25, -0.2) is 13.8 Å². The molecule has 3 nitrogen and oxygen atoms in total. The molecule has 2 aromatic heterocycles. The van der Waals surface area contributed by atoms with E-state index in [-0.39, 0.29) is 11.7 Å². The van der Waals surface area contributed by atoms with E-state index in [1.54, 1.807) is 10.7 Å². The summed E-state index contributed by atoms with van der Waals surface area (Å²) in [4.78, 5) is 3.90. The predicted molar refractivity (Wildman–Crippen MR) is 60.6 cm³/mol. The second-order valence-electron chi connectivity index (χ2n) is 3.73. The minimum atomic E-state index is -2.56. The summed E-state index contributed by atoms with van der Waals surface area (Å²) >= 11 is 3.33. The molecule has 0 spiro atoms. The zero-order valence-electron chi connectivity index (χ0n) is 8.78. The van der Waals surface area contributed by atoms with Gasteiger partial charge in [0.1, 0.15) is 21.3 Å². The lowest BCUT2D eigenvalue weighted by molar-refractivity contribution is 0.146. The summed E-state index contributed by atoms with van der Waals surface area (Å²) < 4.78 is 27.3. The van der Waals surface area contributed by atoms with Gasteiger partial charge in [-0.05, 0) is 41.9 Å². The number of alkyl halides is 2. The number of fused-ring (bicyclic) bond motifs is 1. The molecule has 0 saturated heterocycles. The highest BCUT2D eigenvalue weighted by atomic mass is 79.9. The highest BCUT2D eigenvalue weighted by Crippen LogP contribution is 2.27. The lowest BCUT2D eigenvalue weighted by Crippen LogP contribution is -2.02. The van der Waals surface area contributed by atoms with Gasteiger partial charge in [-0.15, -0.1) is 0 Å². The Morgan fingerprint density at radius 2 is 2.00 bits per heavy atom. The fourth-order valence-electron chi connectivity index (χ4n) is 1.43. The Morgan fingerprint density at radius 3 is 2.56 bits per heavy atom. The van der Waals surface area contributed by atoms with Crippen LogP contribution in [0.1, 0.15) is 32.0 Å². The molecule has 0 aromatic carbocycles. The number of aromatic nitrogens is 3. The van der Waals surface area contributed by atoms with Crippen molar-refractivity contribution < 1.29 is 8.78 Å². The van der Waals surface area contributed by atoms with Crippen LogP contribution in [-0.4, -0.2) is 14.8 Å². The van der Waals surface area contributed by atoms with E-state index < -0.39 is 6.43 Å². The van der Waals surface area contributed by atoms with Crippen molar-refractivity contribution in [3.63, 3.8) is 0 Å². The second-order valence-corrected chi connectivity index (χ2v) is 4.48. The van der Waals surface area contributed by atoms with Gasteiger partial charge in [-0.1, -0.05) is 0 Å². The number of pyridine rings is 1. The van der Waals surface area contributed by atoms with Gasteiger partial charge in [0.15, 0.2) is 0 Å². The van der Waals surface area contributed by atoms with Crippen LogP contribution in [0.25, 0.3) is 11.0 Å². The fraction of sp³-hybridized carbons (Fsp3) is 0.400. The van der Waals surface area contributed by atoms with E-state index >= 15 is 0 Å². The zero-order valence-corrected chi connectivity index (χ0v) is 10.4. The monoisotopic (exact) mass is 289 g/mol. The van der Waals surface area contributed by atoms with Crippen LogP contribution in [-0.2, 0) is 0 Å². The Morgan fingerprint density at radius 1 is 1.31 bits per heavy atom. The molecule has 0 radical (unpaired) electrons. The van der Waals surface area contributed by atoms with Crippen molar-refractivity contribution in [2.24, 2.45) is 0 Å². The van der Waals surface area contributed by atoms with Crippen LogP contribution in [0.15, 0.2) is 16.7 Å². The minimum Gasteiger partial charge on any atom is -0.253 e. The lowest BCUT2D eigenvalue weighted by Gasteiger charge is -2.05. The van der Waals surface area contributed by atoms with Crippen molar-refractivity contribution in [2.75, 3.05) is 0 Å². The standard InChI is InChI=1S/C10H10BrF2N3/c1-5(2)16-9(11)8-6(15-16)3-4-7(14-8)10(12)13/h3-5,10H,1-2H3. The van der Waals surface area contributed by atoms with E-state index in [4.69, 9.17) is 0 Å². The first kappa shape index (κ1) is 11.4. The zero-order chi connectivity index (χ0) is 11.9. The largest absolute Gasteiger partial charge is 0.280 e.